The molecule has 77 heavy (non-hydrogen) atoms. The Labute approximate surface area is 499 Å². The molecule has 6 N–H and O–H groups in total. The molecular weight excluding hydrogens is 1450 g/mol. The fourth-order valence-electron chi connectivity index (χ4n) is 6.58. The molecule has 8 rings (SSSR count). The molecule has 1 amide bonds. The van der Waals surface area contributed by atoms with Crippen LogP contribution in [0.15, 0.2) is 97.6 Å². The second-order valence-corrected chi connectivity index (χ2v) is 34.3. The molecule has 4 aromatic carbocycles. The number of aliphatic carboxylic acids is 1. The van der Waals surface area contributed by atoms with Crippen LogP contribution >= 0.6 is 96.0 Å². The van der Waals surface area contributed by atoms with Gasteiger partial charge in [-0.1, -0.05) is 35.4 Å². The fraction of sp³-hybridized carbons (Fsp3) is 0.286. The van der Waals surface area contributed by atoms with Gasteiger partial charge in [0.25, 0.3) is 0 Å². The number of fused-ring (bicyclic) bond motifs is 2. The van der Waals surface area contributed by atoms with Crippen molar-refractivity contribution in [1.29, 1.82) is 0 Å². The molecule has 0 bridgehead atoms. The Balaban J connectivity index is 0.000000319. The number of carbonyl (C=O) groups is 3. The van der Waals surface area contributed by atoms with Gasteiger partial charge in [0.1, 0.15) is 59.6 Å². The first kappa shape index (κ1) is 67.3. The van der Waals surface area contributed by atoms with E-state index in [0.29, 0.717) is 115 Å². The van der Waals surface area contributed by atoms with Gasteiger partial charge in [-0.15, -0.1) is 12.4 Å². The van der Waals surface area contributed by atoms with Gasteiger partial charge in [-0.25, -0.2) is 33.5 Å². The number of nitrogens with two attached hydrogens (primary N) is 1. The number of likely N-dealkylation sites (N-methyl/N-ethyl adjacent to an activating group) is 2. The third kappa shape index (κ3) is 24.5. The van der Waals surface area contributed by atoms with E-state index in [1.807, 2.05) is 38.0 Å². The number of anilines is 6. The Hall–Kier alpha value is -4.01. The van der Waals surface area contributed by atoms with Crippen LogP contribution in [0.5, 0.6) is 11.5 Å². The predicted octanol–water partition coefficient (Wildman–Crippen LogP) is 9.28. The number of nitrogens with one attached hydrogen (secondary N) is 3. The van der Waals surface area contributed by atoms with Gasteiger partial charge in [-0.3, -0.25) is 9.59 Å². The summed E-state index contributed by atoms with van der Waals surface area (Å²) in [4.78, 5) is 52.5. The summed E-state index contributed by atoms with van der Waals surface area (Å²) < 4.78 is 48.8. The molecule has 2 aliphatic rings. The van der Waals surface area contributed by atoms with E-state index in [-0.39, 0.29) is 40.6 Å². The van der Waals surface area contributed by atoms with E-state index in [0.717, 1.165) is 24.3 Å². The maximum Gasteiger partial charge on any atom is 0.313 e. The SMILES string of the molecule is CN(C)C/C=C/C(=O)Nc1cc2c(Nc3ccc(F)c(Cl)c3)ncnc2cc1O[C@H]1CCOC1.CN(C)C/C=C/C(=O)O.Cl.I[I-]I.Nc1cc2c(Nc3ccc(F)c(Cl)c3)ncnc2cc1O[C@H]1CCOC1.O=C(Cl)Cl. The van der Waals surface area contributed by atoms with E-state index in [2.05, 4.69) is 96.3 Å². The van der Waals surface area contributed by atoms with Crippen LogP contribution in [0.3, 0.4) is 0 Å². The van der Waals surface area contributed by atoms with Crippen molar-refractivity contribution in [2.75, 3.05) is 89.4 Å². The zero-order valence-electron chi connectivity index (χ0n) is 41.4. The summed E-state index contributed by atoms with van der Waals surface area (Å²) in [5.74, 6) is -0.0878. The third-order valence-electron chi connectivity index (χ3n) is 9.96. The van der Waals surface area contributed by atoms with Crippen molar-refractivity contribution in [3.8, 4) is 11.5 Å². The summed E-state index contributed by atoms with van der Waals surface area (Å²) in [7, 11) is 7.60. The maximum absolute atomic E-state index is 13.6. The van der Waals surface area contributed by atoms with Crippen LogP contribution < -0.4 is 44.4 Å². The number of nitrogen functional groups attached to an aromatic ring is 1. The van der Waals surface area contributed by atoms with Gasteiger partial charge in [0.15, 0.2) is 0 Å². The van der Waals surface area contributed by atoms with Gasteiger partial charge in [0, 0.05) is 72.4 Å². The van der Waals surface area contributed by atoms with Crippen LogP contribution in [-0.4, -0.2) is 131 Å². The van der Waals surface area contributed by atoms with Crippen LogP contribution in [-0.2, 0) is 19.1 Å². The second-order valence-electron chi connectivity index (χ2n) is 16.4. The number of benzene rings is 4. The maximum atomic E-state index is 13.6. The van der Waals surface area contributed by atoms with Crippen LogP contribution in [0, 0.1) is 11.6 Å². The van der Waals surface area contributed by atoms with E-state index in [1.54, 1.807) is 48.6 Å². The molecule has 2 aliphatic heterocycles. The van der Waals surface area contributed by atoms with Gasteiger partial charge < -0.3 is 55.5 Å². The summed E-state index contributed by atoms with van der Waals surface area (Å²) in [6.45, 7) is 3.66. The molecule has 2 fully saturated rings. The molecule has 418 valence electrons. The number of hydrogen-bond donors (Lipinski definition) is 5. The Morgan fingerprint density at radius 2 is 1.19 bits per heavy atom. The molecule has 0 radical (unpaired) electrons. The standard InChI is InChI=1S/C24H25ClFN5O3.C18H16ClFN4O2.C6H11NO2.CCl2O.ClH.I3/c1-31(2)8-3-4-23(32)30-21-11-17-20(12-22(21)34-16-7-9-33-13-16)27-14-28-24(17)29-15-5-6-19(26)18(25)10-15;19-13-5-10(1-2-14(13)20)24-18-12-6-15(21)17(7-16(12)22-9-23-18)26-11-3-4-25-8-11;1-7(2)5-3-4-6(8)9;2-1(3)4;;1-3-2/h3-6,10-12,14,16H,7-9,13H2,1-2H3,(H,30,32)(H,27,28,29);1-2,5-7,9,11H,3-4,8,21H2,(H,22,23,24);3-4H,5H2,1-2H3,(H,8,9);;1H;/q;;;;;-1/b4-3+;;4-3+;;;/t16-;11-;;;;/m00..../s1. The minimum atomic E-state index is -0.892. The molecule has 6 aromatic rings. The number of halogens is 10. The summed E-state index contributed by atoms with van der Waals surface area (Å²) in [6.07, 6.45) is 10.3. The average Bonchev–Trinajstić information content (AvgIpc) is 4.08. The van der Waals surface area contributed by atoms with Crippen molar-refractivity contribution in [1.82, 2.24) is 29.7 Å². The van der Waals surface area contributed by atoms with Crippen molar-refractivity contribution in [2.24, 2.45) is 0 Å². The number of nitrogens with zero attached hydrogens (tertiary/aromatic N) is 6. The zero-order valence-corrected chi connectivity index (χ0v) is 51.7. The number of aromatic nitrogens is 4. The number of ether oxygens (including phenoxy) is 4. The minimum absolute atomic E-state index is 0. The van der Waals surface area contributed by atoms with Crippen LogP contribution in [0.1, 0.15) is 12.8 Å². The number of carboxylic acids is 1. The monoisotopic (exact) mass is 1500 g/mol. The molecular formula is C49H53Cl5F2I3N10O8-. The van der Waals surface area contributed by atoms with Crippen LogP contribution in [0.2, 0.25) is 10.0 Å². The van der Waals surface area contributed by atoms with Gasteiger partial charge in [0.2, 0.25) is 5.91 Å². The molecule has 0 unspecified atom stereocenters. The average molecular weight is 1510 g/mol. The molecule has 18 nitrogen and oxygen atoms in total. The van der Waals surface area contributed by atoms with Crippen molar-refractivity contribution in [2.45, 2.75) is 25.0 Å². The van der Waals surface area contributed by atoms with Crippen molar-refractivity contribution >= 4 is 169 Å². The smallest absolute Gasteiger partial charge is 0.313 e. The Bertz CT molecular complexity index is 2950. The molecule has 2 saturated heterocycles. The number of rotatable bonds is 15. The van der Waals surface area contributed by atoms with Crippen molar-refractivity contribution in [3.63, 3.8) is 0 Å². The van der Waals surface area contributed by atoms with E-state index >= 15 is 0 Å². The summed E-state index contributed by atoms with van der Waals surface area (Å²) >= 11 is 25.8. The van der Waals surface area contributed by atoms with E-state index in [4.69, 9.17) is 57.8 Å². The Morgan fingerprint density at radius 3 is 1.62 bits per heavy atom. The summed E-state index contributed by atoms with van der Waals surface area (Å²) in [5, 5.41) is 18.7. The number of carbonyl (C=O) groups excluding carboxylic acids is 2. The normalized spacial score (nSPS) is 14.6. The van der Waals surface area contributed by atoms with Gasteiger partial charge >= 0.3 is 61.2 Å². The van der Waals surface area contributed by atoms with Crippen molar-refractivity contribution in [3.05, 3.63) is 119 Å². The number of amides is 1. The minimum Gasteiger partial charge on any atom is -0.486 e. The van der Waals surface area contributed by atoms with Crippen LogP contribution in [0.4, 0.5) is 48.0 Å². The first-order valence-electron chi connectivity index (χ1n) is 22.4. The number of hydrogen-bond acceptors (Lipinski definition) is 16. The topological polar surface area (TPSA) is 229 Å². The van der Waals surface area contributed by atoms with Gasteiger partial charge in [0.05, 0.1) is 58.9 Å². The largest absolute Gasteiger partial charge is 0.486 e. The number of carboxylic acid groups (broad SMARTS) is 1. The predicted molar refractivity (Wildman–Crippen MR) is 317 cm³/mol. The Kier molecular flexibility index (Phi) is 31.1. The molecule has 0 spiro atoms. The molecule has 0 aliphatic carbocycles. The molecule has 4 heterocycles. The second kappa shape index (κ2) is 35.6. The zero-order chi connectivity index (χ0) is 55.7. The van der Waals surface area contributed by atoms with Crippen molar-refractivity contribution < 1.29 is 60.5 Å². The van der Waals surface area contributed by atoms with E-state index < -0.39 is 22.3 Å². The summed E-state index contributed by atoms with van der Waals surface area (Å²) in [6, 6.07) is 15.7. The van der Waals surface area contributed by atoms with Crippen LogP contribution in [0.25, 0.3) is 21.8 Å². The van der Waals surface area contributed by atoms with E-state index in [9.17, 15) is 18.4 Å². The first-order chi connectivity index (χ1) is 36.3. The third-order valence-corrected chi connectivity index (χ3v) is 10.5. The molecule has 2 aromatic heterocycles. The fourth-order valence-corrected chi connectivity index (χ4v) is 6.94. The molecule has 28 heteroatoms. The van der Waals surface area contributed by atoms with Gasteiger partial charge in [-0.05, 0) is 99.9 Å². The Morgan fingerprint density at radius 1 is 0.753 bits per heavy atom. The quantitative estimate of drug-likeness (QED) is 0.0279. The van der Waals surface area contributed by atoms with E-state index in [1.165, 1.54) is 43.0 Å². The first-order valence-corrected chi connectivity index (χ1v) is 36.5. The molecule has 0 saturated carbocycles. The summed E-state index contributed by atoms with van der Waals surface area (Å²) in [5.41, 5.74) is 9.58. The molecule has 2 atom stereocenters. The van der Waals surface area contributed by atoms with Gasteiger partial charge in [-0.2, -0.15) is 0 Å².